The van der Waals surface area contributed by atoms with Crippen molar-refractivity contribution in [2.45, 2.75) is 52.4 Å². The van der Waals surface area contributed by atoms with Crippen LogP contribution in [0, 0.1) is 35.5 Å². The highest BCUT2D eigenvalue weighted by atomic mass is 16.5. The van der Waals surface area contributed by atoms with E-state index in [9.17, 15) is 4.79 Å². The molecule has 0 aliphatic rings. The summed E-state index contributed by atoms with van der Waals surface area (Å²) < 4.78 is 4.67. The van der Waals surface area contributed by atoms with Crippen molar-refractivity contribution in [2.24, 2.45) is 11.8 Å². The van der Waals surface area contributed by atoms with E-state index in [2.05, 4.69) is 72.6 Å². The maximum Gasteiger partial charge on any atom is 0.305 e. The molecule has 0 saturated heterocycles. The lowest BCUT2D eigenvalue weighted by atomic mass is 9.90. The number of hydrogen-bond acceptors (Lipinski definition) is 2. The fourth-order valence-electron chi connectivity index (χ4n) is 2.62. The monoisotopic (exact) mass is 376 g/mol. The molecule has 0 heterocycles. The van der Waals surface area contributed by atoms with Gasteiger partial charge in [-0.05, 0) is 42.7 Å². The molecular formula is C26H32O2. The molecule has 0 N–H and O–H groups in total. The number of hydrogen-bond donors (Lipinski definition) is 0. The Morgan fingerprint density at radius 1 is 1.11 bits per heavy atom. The summed E-state index contributed by atoms with van der Waals surface area (Å²) in [7, 11) is 1.44. The lowest BCUT2D eigenvalue weighted by molar-refractivity contribution is -0.140. The van der Waals surface area contributed by atoms with Crippen LogP contribution in [-0.4, -0.2) is 13.1 Å². The Bertz CT molecular complexity index is 735. The maximum atomic E-state index is 11.1. The summed E-state index contributed by atoms with van der Waals surface area (Å²) in [6.45, 7) is 4.41. The van der Waals surface area contributed by atoms with Gasteiger partial charge < -0.3 is 4.74 Å². The summed E-state index contributed by atoms with van der Waals surface area (Å²) in [5.41, 5.74) is 1.32. The third-order valence-corrected chi connectivity index (χ3v) is 4.66. The van der Waals surface area contributed by atoms with Gasteiger partial charge in [0.1, 0.15) is 0 Å². The average Bonchev–Trinajstić information content (AvgIpc) is 2.72. The van der Waals surface area contributed by atoms with Crippen LogP contribution in [0.2, 0.25) is 0 Å². The van der Waals surface area contributed by atoms with Crippen molar-refractivity contribution >= 4 is 5.97 Å². The molecule has 0 aliphatic carbocycles. The van der Waals surface area contributed by atoms with E-state index < -0.39 is 0 Å². The molecule has 0 saturated carbocycles. The highest BCUT2D eigenvalue weighted by Gasteiger charge is 2.09. The third-order valence-electron chi connectivity index (χ3n) is 4.66. The van der Waals surface area contributed by atoms with Crippen molar-refractivity contribution in [2.75, 3.05) is 7.11 Å². The molecule has 2 atom stereocenters. The molecule has 0 spiro atoms. The van der Waals surface area contributed by atoms with Crippen LogP contribution in [0.4, 0.5) is 0 Å². The normalized spacial score (nSPS) is 12.7. The average molecular weight is 377 g/mol. The number of aryl methyl sites for hydroxylation is 1. The van der Waals surface area contributed by atoms with Crippen molar-refractivity contribution in [3.63, 3.8) is 0 Å². The Balaban J connectivity index is 2.18. The van der Waals surface area contributed by atoms with Crippen LogP contribution in [0.3, 0.4) is 0 Å². The summed E-state index contributed by atoms with van der Waals surface area (Å²) >= 11 is 0. The van der Waals surface area contributed by atoms with Gasteiger partial charge in [-0.15, -0.1) is 5.92 Å². The van der Waals surface area contributed by atoms with Gasteiger partial charge in [-0.25, -0.2) is 0 Å². The quantitative estimate of drug-likeness (QED) is 0.312. The first-order valence-electron chi connectivity index (χ1n) is 10.0. The van der Waals surface area contributed by atoms with Crippen LogP contribution >= 0.6 is 0 Å². The van der Waals surface area contributed by atoms with E-state index in [1.165, 1.54) is 12.7 Å². The van der Waals surface area contributed by atoms with E-state index >= 15 is 0 Å². The molecule has 0 fully saturated rings. The Morgan fingerprint density at radius 2 is 1.89 bits per heavy atom. The number of esters is 1. The second kappa shape index (κ2) is 15.4. The molecule has 148 valence electrons. The molecule has 1 aromatic carbocycles. The molecule has 1 aromatic rings. The zero-order valence-corrected chi connectivity index (χ0v) is 17.4. The second-order valence-electron chi connectivity index (χ2n) is 6.89. The Hall–Kier alpha value is -2.71. The number of benzene rings is 1. The van der Waals surface area contributed by atoms with Gasteiger partial charge >= 0.3 is 5.97 Å². The van der Waals surface area contributed by atoms with Gasteiger partial charge in [0.05, 0.1) is 13.5 Å². The van der Waals surface area contributed by atoms with E-state index in [0.717, 1.165) is 25.7 Å². The molecular weight excluding hydrogens is 344 g/mol. The molecule has 28 heavy (non-hydrogen) atoms. The Kier molecular flexibility index (Phi) is 12.8. The fourth-order valence-corrected chi connectivity index (χ4v) is 2.62. The van der Waals surface area contributed by atoms with Crippen LogP contribution in [0.25, 0.3) is 0 Å². The van der Waals surface area contributed by atoms with Crippen LogP contribution in [0.5, 0.6) is 0 Å². The topological polar surface area (TPSA) is 26.3 Å². The molecule has 0 aromatic heterocycles. The number of ether oxygens (including phenoxy) is 1. The minimum atomic E-state index is -0.127. The second-order valence-corrected chi connectivity index (χ2v) is 6.89. The number of rotatable bonds is 9. The minimum absolute atomic E-state index is 0.127. The molecule has 0 radical (unpaired) electrons. The van der Waals surface area contributed by atoms with Crippen molar-refractivity contribution in [3.8, 4) is 23.7 Å². The van der Waals surface area contributed by atoms with E-state index in [-0.39, 0.29) is 5.97 Å². The van der Waals surface area contributed by atoms with Crippen LogP contribution in [0.1, 0.15) is 51.5 Å². The van der Waals surface area contributed by atoms with Crippen molar-refractivity contribution in [3.05, 3.63) is 60.2 Å². The van der Waals surface area contributed by atoms with Gasteiger partial charge in [0.2, 0.25) is 0 Å². The summed E-state index contributed by atoms with van der Waals surface area (Å²) in [6.07, 6.45) is 12.9. The molecule has 2 nitrogen and oxygen atoms in total. The number of methoxy groups -OCH3 is 1. The molecule has 0 amide bonds. The lowest BCUT2D eigenvalue weighted by Crippen LogP contribution is -2.07. The Labute approximate surface area is 171 Å². The predicted octanol–water partition coefficient (Wildman–Crippen LogP) is 5.74. The molecule has 1 rings (SSSR count). The minimum Gasteiger partial charge on any atom is -0.469 e. The largest absolute Gasteiger partial charge is 0.469 e. The van der Waals surface area contributed by atoms with Gasteiger partial charge in [-0.3, -0.25) is 4.79 Å². The molecule has 0 bridgehead atoms. The van der Waals surface area contributed by atoms with E-state index in [4.69, 9.17) is 0 Å². The first-order valence-corrected chi connectivity index (χ1v) is 10.0. The molecule has 2 heteroatoms. The lowest BCUT2D eigenvalue weighted by Gasteiger charge is -2.15. The summed E-state index contributed by atoms with van der Waals surface area (Å²) in [4.78, 5) is 11.1. The van der Waals surface area contributed by atoms with Crippen LogP contribution < -0.4 is 0 Å². The highest BCUT2D eigenvalue weighted by molar-refractivity contribution is 5.68. The van der Waals surface area contributed by atoms with Crippen LogP contribution in [-0.2, 0) is 16.0 Å². The molecule has 1 unspecified atom stereocenters. The van der Waals surface area contributed by atoms with Gasteiger partial charge in [-0.2, -0.15) is 0 Å². The van der Waals surface area contributed by atoms with Crippen molar-refractivity contribution < 1.29 is 9.53 Å². The Morgan fingerprint density at radius 3 is 2.64 bits per heavy atom. The third kappa shape index (κ3) is 11.8. The first-order chi connectivity index (χ1) is 13.6. The number of allylic oxidation sites excluding steroid dienone is 4. The smallest absolute Gasteiger partial charge is 0.305 e. The number of carbonyl (C=O) groups is 1. The number of carbonyl (C=O) groups excluding carboxylic acids is 1. The van der Waals surface area contributed by atoms with E-state index in [1.807, 2.05) is 24.3 Å². The van der Waals surface area contributed by atoms with Crippen molar-refractivity contribution in [1.29, 1.82) is 0 Å². The first kappa shape index (κ1) is 23.3. The summed E-state index contributed by atoms with van der Waals surface area (Å²) in [5, 5.41) is 0. The van der Waals surface area contributed by atoms with Crippen LogP contribution in [0.15, 0.2) is 54.6 Å². The predicted molar refractivity (Wildman–Crippen MR) is 117 cm³/mol. The van der Waals surface area contributed by atoms with Crippen molar-refractivity contribution in [1.82, 2.24) is 0 Å². The summed E-state index contributed by atoms with van der Waals surface area (Å²) in [5.74, 6) is 13.2. The van der Waals surface area contributed by atoms with Gasteiger partial charge in [0.15, 0.2) is 0 Å². The summed E-state index contributed by atoms with van der Waals surface area (Å²) in [6, 6.07) is 10.4. The highest BCUT2D eigenvalue weighted by Crippen LogP contribution is 2.19. The van der Waals surface area contributed by atoms with Gasteiger partial charge in [-0.1, -0.05) is 80.2 Å². The van der Waals surface area contributed by atoms with E-state index in [0.29, 0.717) is 24.7 Å². The molecule has 0 aliphatic heterocycles. The zero-order valence-electron chi connectivity index (χ0n) is 17.4. The van der Waals surface area contributed by atoms with Gasteiger partial charge in [0.25, 0.3) is 0 Å². The standard InChI is InChI=1S/C26H32O2/c1-23(24(2)18-16-22-26(27)28-3)17-12-9-7-5-4-6-8-10-13-19-25-20-14-11-15-21-25/h7,9,11-12,14-15,17,20-21,23-24H,6,13,16,18-19,22H2,1-3H3/b9-7+,17-12+/t23?,24-/m0/s1. The zero-order chi connectivity index (χ0) is 20.5. The van der Waals surface area contributed by atoms with E-state index in [1.54, 1.807) is 0 Å². The van der Waals surface area contributed by atoms with Gasteiger partial charge in [0, 0.05) is 12.8 Å². The fraction of sp³-hybridized carbons (Fsp3) is 0.423. The SMILES string of the molecule is COC(=O)CCC[C@H](C)C(C)/C=C/C=C/C#CCC#CCCc1ccccc1. The maximum absolute atomic E-state index is 11.1.